The van der Waals surface area contributed by atoms with E-state index in [0.29, 0.717) is 13.1 Å². The molecule has 6 nitrogen and oxygen atoms in total. The smallest absolute Gasteiger partial charge is 0.309 e. The number of nitrogens with zero attached hydrogens (tertiary/aromatic N) is 2. The molecule has 2 rings (SSSR count). The Morgan fingerprint density at radius 3 is 2.48 bits per heavy atom. The number of aromatic nitrogens is 1. The highest BCUT2D eigenvalue weighted by Crippen LogP contribution is 2.28. The molecule has 6 heteroatoms. The van der Waals surface area contributed by atoms with Gasteiger partial charge in [0, 0.05) is 37.2 Å². The van der Waals surface area contributed by atoms with Crippen molar-refractivity contribution in [3.63, 3.8) is 0 Å². The summed E-state index contributed by atoms with van der Waals surface area (Å²) < 4.78 is 2.08. The minimum atomic E-state index is -0.598. The van der Waals surface area contributed by atoms with Gasteiger partial charge in [-0.05, 0) is 32.6 Å². The van der Waals surface area contributed by atoms with E-state index < -0.39 is 11.8 Å². The molecule has 0 spiro atoms. The highest BCUT2D eigenvalue weighted by atomic mass is 16.2. The first-order valence-electron chi connectivity index (χ1n) is 7.72. The van der Waals surface area contributed by atoms with Crippen molar-refractivity contribution in [2.75, 3.05) is 27.2 Å². The zero-order valence-corrected chi connectivity index (χ0v) is 14.1. The molecule has 0 radical (unpaired) electrons. The number of rotatable bonds is 5. The lowest BCUT2D eigenvalue weighted by atomic mass is 10.0. The van der Waals surface area contributed by atoms with Crippen molar-refractivity contribution in [2.24, 2.45) is 7.05 Å². The zero-order valence-electron chi connectivity index (χ0n) is 14.1. The van der Waals surface area contributed by atoms with Crippen LogP contribution in [-0.2, 0) is 16.6 Å². The maximum atomic E-state index is 11.8. The minimum absolute atomic E-state index is 0.0144. The number of amides is 2. The largest absolute Gasteiger partial charge is 0.350 e. The fourth-order valence-corrected chi connectivity index (χ4v) is 2.72. The number of benzene rings is 1. The van der Waals surface area contributed by atoms with E-state index in [0.717, 1.165) is 16.5 Å². The Bertz CT molecular complexity index is 706. The van der Waals surface area contributed by atoms with Crippen LogP contribution >= 0.6 is 0 Å². The second-order valence-electron chi connectivity index (χ2n) is 5.76. The molecule has 1 aromatic carbocycles. The summed E-state index contributed by atoms with van der Waals surface area (Å²) in [6.45, 7) is 2.59. The zero-order chi connectivity index (χ0) is 17.0. The molecule has 0 fully saturated rings. The number of likely N-dealkylation sites (N-methyl/N-ethyl adjacent to an activating group) is 2. The molecule has 2 aromatic rings. The summed E-state index contributed by atoms with van der Waals surface area (Å²) in [5, 5.41) is 6.38. The van der Waals surface area contributed by atoms with Crippen LogP contribution in [0.5, 0.6) is 0 Å². The summed E-state index contributed by atoms with van der Waals surface area (Å²) in [6, 6.07) is 8.14. The predicted molar refractivity (Wildman–Crippen MR) is 91.0 cm³/mol. The molecule has 0 bridgehead atoms. The van der Waals surface area contributed by atoms with Gasteiger partial charge < -0.3 is 20.1 Å². The van der Waals surface area contributed by atoms with Crippen molar-refractivity contribution >= 4 is 22.7 Å². The van der Waals surface area contributed by atoms with Gasteiger partial charge in [0.25, 0.3) is 0 Å². The van der Waals surface area contributed by atoms with E-state index in [4.69, 9.17) is 0 Å². The Labute approximate surface area is 136 Å². The number of hydrogen-bond donors (Lipinski definition) is 2. The van der Waals surface area contributed by atoms with Gasteiger partial charge >= 0.3 is 11.8 Å². The first-order valence-corrected chi connectivity index (χ1v) is 7.72. The van der Waals surface area contributed by atoms with Crippen molar-refractivity contribution < 1.29 is 9.59 Å². The summed E-state index contributed by atoms with van der Waals surface area (Å²) in [5.74, 6) is -1.19. The summed E-state index contributed by atoms with van der Waals surface area (Å²) >= 11 is 0. The highest BCUT2D eigenvalue weighted by Gasteiger charge is 2.21. The first kappa shape index (κ1) is 17.0. The van der Waals surface area contributed by atoms with Gasteiger partial charge in [-0.3, -0.25) is 9.59 Å². The van der Waals surface area contributed by atoms with Crippen LogP contribution in [0.25, 0.3) is 10.9 Å². The average molecular weight is 316 g/mol. The van der Waals surface area contributed by atoms with Crippen LogP contribution in [0.4, 0.5) is 0 Å². The molecule has 2 amide bonds. The lowest BCUT2D eigenvalue weighted by Crippen LogP contribution is -2.43. The van der Waals surface area contributed by atoms with Crippen LogP contribution in [0.15, 0.2) is 30.5 Å². The van der Waals surface area contributed by atoms with E-state index in [1.807, 2.05) is 38.2 Å². The molecule has 0 saturated heterocycles. The van der Waals surface area contributed by atoms with Gasteiger partial charge in [0.15, 0.2) is 0 Å². The fourth-order valence-electron chi connectivity index (χ4n) is 2.72. The first-order chi connectivity index (χ1) is 11.0. The standard InChI is InChI=1S/C17H24N4O2/c1-5-18-16(22)17(23)19-10-15(20(2)3)13-11-21(4)14-9-7-6-8-12(13)14/h6-9,11,15H,5,10H2,1-4H3,(H,18,22)(H,19,23). The van der Waals surface area contributed by atoms with Crippen molar-refractivity contribution in [2.45, 2.75) is 13.0 Å². The monoisotopic (exact) mass is 316 g/mol. The van der Waals surface area contributed by atoms with E-state index in [2.05, 4.69) is 33.5 Å². The molecule has 1 atom stereocenters. The highest BCUT2D eigenvalue weighted by molar-refractivity contribution is 6.35. The molecule has 0 saturated carbocycles. The number of carbonyl (C=O) groups excluding carboxylic acids is 2. The third-order valence-electron chi connectivity index (χ3n) is 3.91. The van der Waals surface area contributed by atoms with Crippen LogP contribution in [0.3, 0.4) is 0 Å². The van der Waals surface area contributed by atoms with E-state index in [9.17, 15) is 9.59 Å². The predicted octanol–water partition coefficient (Wildman–Crippen LogP) is 1.03. The molecule has 124 valence electrons. The van der Waals surface area contributed by atoms with Crippen molar-refractivity contribution in [1.29, 1.82) is 0 Å². The molecule has 0 aliphatic carbocycles. The molecule has 1 heterocycles. The lowest BCUT2D eigenvalue weighted by molar-refractivity contribution is -0.139. The maximum absolute atomic E-state index is 11.8. The Morgan fingerprint density at radius 2 is 1.83 bits per heavy atom. The Morgan fingerprint density at radius 1 is 1.17 bits per heavy atom. The molecule has 2 N–H and O–H groups in total. The number of carbonyl (C=O) groups is 2. The Hall–Kier alpha value is -2.34. The quantitative estimate of drug-likeness (QED) is 0.810. The third kappa shape index (κ3) is 3.71. The van der Waals surface area contributed by atoms with Gasteiger partial charge in [-0.2, -0.15) is 0 Å². The van der Waals surface area contributed by atoms with E-state index >= 15 is 0 Å². The van der Waals surface area contributed by atoms with Crippen LogP contribution in [-0.4, -0.2) is 48.5 Å². The average Bonchev–Trinajstić information content (AvgIpc) is 2.85. The molecule has 1 aromatic heterocycles. The van der Waals surface area contributed by atoms with Crippen molar-refractivity contribution in [3.8, 4) is 0 Å². The fraction of sp³-hybridized carbons (Fsp3) is 0.412. The summed E-state index contributed by atoms with van der Waals surface area (Å²) in [6.07, 6.45) is 2.08. The second kappa shape index (κ2) is 7.28. The van der Waals surface area contributed by atoms with Gasteiger partial charge in [-0.25, -0.2) is 0 Å². The number of nitrogens with one attached hydrogen (secondary N) is 2. The second-order valence-corrected chi connectivity index (χ2v) is 5.76. The van der Waals surface area contributed by atoms with Crippen LogP contribution in [0.2, 0.25) is 0 Å². The van der Waals surface area contributed by atoms with Crippen molar-refractivity contribution in [1.82, 2.24) is 20.1 Å². The van der Waals surface area contributed by atoms with Gasteiger partial charge in [0.1, 0.15) is 0 Å². The van der Waals surface area contributed by atoms with E-state index in [-0.39, 0.29) is 6.04 Å². The third-order valence-corrected chi connectivity index (χ3v) is 3.91. The minimum Gasteiger partial charge on any atom is -0.350 e. The number of para-hydroxylation sites is 1. The Kier molecular flexibility index (Phi) is 5.39. The van der Waals surface area contributed by atoms with Crippen LogP contribution in [0, 0.1) is 0 Å². The molecule has 23 heavy (non-hydrogen) atoms. The summed E-state index contributed by atoms with van der Waals surface area (Å²) in [5.41, 5.74) is 2.27. The number of fused-ring (bicyclic) bond motifs is 1. The molecule has 0 aliphatic heterocycles. The van der Waals surface area contributed by atoms with Gasteiger partial charge in [-0.15, -0.1) is 0 Å². The van der Waals surface area contributed by atoms with Crippen LogP contribution < -0.4 is 10.6 Å². The SMILES string of the molecule is CCNC(=O)C(=O)NCC(c1cn(C)c2ccccc12)N(C)C. The van der Waals surface area contributed by atoms with Gasteiger partial charge in [-0.1, -0.05) is 18.2 Å². The van der Waals surface area contributed by atoms with E-state index in [1.165, 1.54) is 0 Å². The normalized spacial score (nSPS) is 12.4. The Balaban J connectivity index is 2.21. The topological polar surface area (TPSA) is 66.4 Å². The molecule has 1 unspecified atom stereocenters. The summed E-state index contributed by atoms with van der Waals surface area (Å²) in [7, 11) is 5.93. The maximum Gasteiger partial charge on any atom is 0.309 e. The van der Waals surface area contributed by atoms with E-state index in [1.54, 1.807) is 6.92 Å². The molecular weight excluding hydrogens is 292 g/mol. The molecular formula is C17H24N4O2. The summed E-state index contributed by atoms with van der Waals surface area (Å²) in [4.78, 5) is 25.4. The number of aryl methyl sites for hydroxylation is 1. The van der Waals surface area contributed by atoms with Crippen LogP contribution in [0.1, 0.15) is 18.5 Å². The van der Waals surface area contributed by atoms with Crippen molar-refractivity contribution in [3.05, 3.63) is 36.0 Å². The molecule has 0 aliphatic rings. The van der Waals surface area contributed by atoms with Gasteiger partial charge in [0.2, 0.25) is 0 Å². The van der Waals surface area contributed by atoms with Gasteiger partial charge in [0.05, 0.1) is 6.04 Å². The lowest BCUT2D eigenvalue weighted by Gasteiger charge is -2.24. The number of hydrogen-bond acceptors (Lipinski definition) is 3.